The number of benzene rings is 2. The number of carbonyl (C=O) groups is 1. The second-order valence-electron chi connectivity index (χ2n) is 6.30. The average molecular weight is 422 g/mol. The molecule has 8 nitrogen and oxygen atoms in total. The number of carbonyl (C=O) groups excluding carboxylic acids is 1. The number of hydrogen-bond donors (Lipinski definition) is 3. The third-order valence-corrected chi connectivity index (χ3v) is 6.24. The zero-order valence-corrected chi connectivity index (χ0v) is 17.1. The first-order valence-electron chi connectivity index (χ1n) is 8.30. The molecule has 0 radical (unpaired) electrons. The van der Waals surface area contributed by atoms with Gasteiger partial charge in [-0.3, -0.25) is 9.96 Å². The minimum Gasteiger partial charge on any atom is -0.462 e. The number of hydrogen-bond acceptors (Lipinski definition) is 7. The van der Waals surface area contributed by atoms with Crippen LogP contribution in [0, 0.1) is 19.3 Å². The van der Waals surface area contributed by atoms with Crippen molar-refractivity contribution in [3.05, 3.63) is 45.8 Å². The van der Waals surface area contributed by atoms with Crippen LogP contribution in [0.5, 0.6) is 0 Å². The van der Waals surface area contributed by atoms with Crippen molar-refractivity contribution >= 4 is 37.6 Å². The number of thiazole rings is 1. The number of ether oxygens (including phenoxy) is 1. The Morgan fingerprint density at radius 2 is 1.93 bits per heavy atom. The highest BCUT2D eigenvalue weighted by molar-refractivity contribution is 7.86. The Bertz CT molecular complexity index is 1270. The highest BCUT2D eigenvalue weighted by Crippen LogP contribution is 2.36. The molecule has 10 heteroatoms. The summed E-state index contributed by atoms with van der Waals surface area (Å²) in [5.41, 5.74) is 2.11. The first kappa shape index (κ1) is 20.1. The second-order valence-corrected chi connectivity index (χ2v) is 8.69. The first-order chi connectivity index (χ1) is 13.0. The van der Waals surface area contributed by atoms with Gasteiger partial charge >= 0.3 is 5.97 Å². The topological polar surface area (TPSA) is 135 Å². The van der Waals surface area contributed by atoms with Crippen molar-refractivity contribution in [2.75, 3.05) is 12.4 Å². The Balaban J connectivity index is 2.49. The van der Waals surface area contributed by atoms with E-state index >= 15 is 0 Å². The molecular formula is C18H19N3O5S2. The van der Waals surface area contributed by atoms with Crippen LogP contribution in [0.2, 0.25) is 0 Å². The summed E-state index contributed by atoms with van der Waals surface area (Å²) in [6.07, 6.45) is 0. The van der Waals surface area contributed by atoms with Crippen LogP contribution < -0.4 is 10.6 Å². The summed E-state index contributed by atoms with van der Waals surface area (Å²) in [5.74, 6) is 5.27. The summed E-state index contributed by atoms with van der Waals surface area (Å²) >= 11 is 1.08. The fourth-order valence-electron chi connectivity index (χ4n) is 3.20. The Labute approximate surface area is 165 Å². The fraction of sp³-hybridized carbons (Fsp3) is 0.222. The molecule has 28 heavy (non-hydrogen) atoms. The number of nitrogen functional groups attached to an aromatic ring is 1. The van der Waals surface area contributed by atoms with E-state index in [1.807, 2.05) is 0 Å². The number of nitrogens with one attached hydrogen (secondary N) is 1. The van der Waals surface area contributed by atoms with E-state index < -0.39 is 16.1 Å². The third kappa shape index (κ3) is 3.41. The molecule has 0 spiro atoms. The lowest BCUT2D eigenvalue weighted by Gasteiger charge is -2.15. The van der Waals surface area contributed by atoms with Gasteiger partial charge in [0.15, 0.2) is 0 Å². The quantitative estimate of drug-likeness (QED) is 0.337. The van der Waals surface area contributed by atoms with Crippen LogP contribution in [-0.4, -0.2) is 30.2 Å². The molecule has 3 rings (SSSR count). The maximum atomic E-state index is 12.6. The highest BCUT2D eigenvalue weighted by atomic mass is 32.2. The van der Waals surface area contributed by atoms with Crippen molar-refractivity contribution in [1.29, 1.82) is 5.41 Å². The van der Waals surface area contributed by atoms with Crippen LogP contribution in [0.3, 0.4) is 0 Å². The fourth-order valence-corrected chi connectivity index (χ4v) is 4.95. The summed E-state index contributed by atoms with van der Waals surface area (Å²) in [7, 11) is -4.57. The summed E-state index contributed by atoms with van der Waals surface area (Å²) in [6, 6.07) is 6.28. The molecule has 0 saturated carbocycles. The van der Waals surface area contributed by atoms with Gasteiger partial charge in [-0.15, -0.1) is 0 Å². The van der Waals surface area contributed by atoms with Crippen molar-refractivity contribution in [1.82, 2.24) is 4.68 Å². The molecule has 148 valence electrons. The Kier molecular flexibility index (Phi) is 5.04. The number of fused-ring (bicyclic) bond motifs is 1. The van der Waals surface area contributed by atoms with E-state index in [0.717, 1.165) is 21.6 Å². The van der Waals surface area contributed by atoms with Crippen LogP contribution in [0.15, 0.2) is 29.2 Å². The van der Waals surface area contributed by atoms with Gasteiger partial charge in [0.25, 0.3) is 10.1 Å². The van der Waals surface area contributed by atoms with Crippen LogP contribution in [0.4, 0.5) is 0 Å². The largest absolute Gasteiger partial charge is 0.462 e. The van der Waals surface area contributed by atoms with Crippen LogP contribution in [0.25, 0.3) is 21.3 Å². The van der Waals surface area contributed by atoms with E-state index in [-0.39, 0.29) is 33.0 Å². The summed E-state index contributed by atoms with van der Waals surface area (Å²) < 4.78 is 40.8. The molecule has 1 aromatic heterocycles. The van der Waals surface area contributed by atoms with Crippen molar-refractivity contribution in [2.45, 2.75) is 25.7 Å². The lowest BCUT2D eigenvalue weighted by atomic mass is 9.96. The third-order valence-electron chi connectivity index (χ3n) is 4.25. The molecule has 2 aromatic carbocycles. The lowest BCUT2D eigenvalue weighted by molar-refractivity contribution is 0.0527. The van der Waals surface area contributed by atoms with Gasteiger partial charge in [-0.1, -0.05) is 23.0 Å². The number of nitrogens with zero attached hydrogens (tertiary/aromatic N) is 1. The molecule has 0 saturated heterocycles. The Morgan fingerprint density at radius 1 is 1.25 bits per heavy atom. The van der Waals surface area contributed by atoms with Gasteiger partial charge in [0, 0.05) is 5.56 Å². The minimum atomic E-state index is -4.57. The number of aromatic nitrogens is 1. The number of nitrogens with two attached hydrogens (primary N) is 1. The lowest BCUT2D eigenvalue weighted by Crippen LogP contribution is -2.21. The molecule has 3 aromatic rings. The number of rotatable bonds is 4. The molecular weight excluding hydrogens is 402 g/mol. The van der Waals surface area contributed by atoms with E-state index in [1.54, 1.807) is 39.0 Å². The molecule has 0 aliphatic carbocycles. The highest BCUT2D eigenvalue weighted by Gasteiger charge is 2.25. The van der Waals surface area contributed by atoms with Crippen molar-refractivity contribution in [3.8, 4) is 11.1 Å². The molecule has 0 atom stereocenters. The van der Waals surface area contributed by atoms with Gasteiger partial charge in [0.1, 0.15) is 4.90 Å². The van der Waals surface area contributed by atoms with Crippen molar-refractivity contribution in [3.63, 3.8) is 0 Å². The number of aryl methyl sites for hydroxylation is 2. The maximum absolute atomic E-state index is 12.6. The smallest absolute Gasteiger partial charge is 0.338 e. The molecule has 4 N–H and O–H groups in total. The molecule has 0 fully saturated rings. The number of esters is 1. The molecule has 0 bridgehead atoms. The van der Waals surface area contributed by atoms with E-state index in [0.29, 0.717) is 15.8 Å². The Morgan fingerprint density at radius 3 is 2.54 bits per heavy atom. The zero-order valence-electron chi connectivity index (χ0n) is 15.4. The van der Waals surface area contributed by atoms with Crippen molar-refractivity contribution in [2.24, 2.45) is 0 Å². The van der Waals surface area contributed by atoms with Crippen LogP contribution in [-0.2, 0) is 14.9 Å². The standard InChI is InChI=1S/C18H19N3O5S2/c1-4-26-17(22)13-8-15-14(21(20)18(19)27-15)7-11(13)12-6-9(2)5-10(3)16(12)28(23,24)25/h5-8,19H,4,20H2,1-3H3,(H,23,24,25). The molecule has 0 aliphatic rings. The van der Waals surface area contributed by atoms with Gasteiger partial charge < -0.3 is 10.6 Å². The van der Waals surface area contributed by atoms with Gasteiger partial charge in [-0.05, 0) is 50.1 Å². The van der Waals surface area contributed by atoms with E-state index in [4.69, 9.17) is 16.0 Å². The van der Waals surface area contributed by atoms with E-state index in [1.165, 1.54) is 6.07 Å². The van der Waals surface area contributed by atoms with Gasteiger partial charge in [-0.2, -0.15) is 8.42 Å². The molecule has 0 unspecified atom stereocenters. The van der Waals surface area contributed by atoms with Crippen LogP contribution >= 0.6 is 11.3 Å². The molecule has 1 heterocycles. The Hall–Kier alpha value is -2.69. The molecule has 0 aliphatic heterocycles. The SMILES string of the molecule is CCOC(=O)c1cc2sc(=N)n(N)c2cc1-c1cc(C)cc(C)c1S(=O)(=O)O. The monoisotopic (exact) mass is 421 g/mol. The van der Waals surface area contributed by atoms with Gasteiger partial charge in [-0.25, -0.2) is 9.47 Å². The predicted octanol–water partition coefficient (Wildman–Crippen LogP) is 2.60. The molecule has 0 amide bonds. The average Bonchev–Trinajstić information content (AvgIpc) is 2.86. The van der Waals surface area contributed by atoms with Crippen molar-refractivity contribution < 1.29 is 22.5 Å². The van der Waals surface area contributed by atoms with Gasteiger partial charge in [0.2, 0.25) is 4.80 Å². The van der Waals surface area contributed by atoms with E-state index in [9.17, 15) is 17.8 Å². The zero-order chi connectivity index (χ0) is 20.8. The second kappa shape index (κ2) is 7.04. The summed E-state index contributed by atoms with van der Waals surface area (Å²) in [6.45, 7) is 5.15. The maximum Gasteiger partial charge on any atom is 0.338 e. The predicted molar refractivity (Wildman–Crippen MR) is 107 cm³/mol. The van der Waals surface area contributed by atoms with Gasteiger partial charge in [0.05, 0.1) is 22.4 Å². The normalized spacial score (nSPS) is 11.7. The van der Waals surface area contributed by atoms with E-state index in [2.05, 4.69) is 0 Å². The summed E-state index contributed by atoms with van der Waals surface area (Å²) in [5, 5.41) is 7.90. The minimum absolute atomic E-state index is 0.0670. The van der Waals surface area contributed by atoms with Crippen LogP contribution in [0.1, 0.15) is 28.4 Å². The first-order valence-corrected chi connectivity index (χ1v) is 10.6. The summed E-state index contributed by atoms with van der Waals surface area (Å²) in [4.78, 5) is 12.4.